The van der Waals surface area contributed by atoms with E-state index >= 15 is 0 Å². The molecule has 0 aliphatic carbocycles. The highest BCUT2D eigenvalue weighted by molar-refractivity contribution is 6.34. The van der Waals surface area contributed by atoms with Crippen molar-refractivity contribution in [1.82, 2.24) is 10.2 Å². The number of carbonyl (C=O) groups is 2. The van der Waals surface area contributed by atoms with Gasteiger partial charge in [-0.1, -0.05) is 25.5 Å². The number of unbranched alkanes of at least 4 members (excludes halogenated alkanes) is 1. The van der Waals surface area contributed by atoms with Crippen molar-refractivity contribution >= 4 is 17.5 Å². The van der Waals surface area contributed by atoms with Crippen molar-refractivity contribution in [3.63, 3.8) is 0 Å². The average Bonchev–Trinajstić information content (AvgIpc) is 3.24. The van der Waals surface area contributed by atoms with Crippen LogP contribution in [0.15, 0.2) is 52.9 Å². The van der Waals surface area contributed by atoms with Crippen LogP contribution in [-0.2, 0) is 6.42 Å². The molecule has 0 N–H and O–H groups in total. The number of hydrogen-bond acceptors (Lipinski definition) is 5. The van der Waals surface area contributed by atoms with E-state index in [1.54, 1.807) is 48.5 Å². The van der Waals surface area contributed by atoms with Crippen LogP contribution in [0.4, 0.5) is 5.69 Å². The van der Waals surface area contributed by atoms with E-state index in [0.29, 0.717) is 28.6 Å². The highest BCUT2D eigenvalue weighted by Crippen LogP contribution is 2.29. The first-order valence-corrected chi connectivity index (χ1v) is 8.59. The summed E-state index contributed by atoms with van der Waals surface area (Å²) in [7, 11) is 0. The largest absolute Gasteiger partial charge is 0.421 e. The fourth-order valence-electron chi connectivity index (χ4n) is 2.98. The first-order chi connectivity index (χ1) is 12.7. The lowest BCUT2D eigenvalue weighted by Gasteiger charge is -2.13. The highest BCUT2D eigenvalue weighted by Gasteiger charge is 2.36. The molecule has 0 spiro atoms. The number of aryl methyl sites for hydroxylation is 1. The molecule has 6 heteroatoms. The predicted molar refractivity (Wildman–Crippen MR) is 95.9 cm³/mol. The molecule has 0 bridgehead atoms. The number of anilines is 1. The number of rotatable bonds is 5. The second kappa shape index (κ2) is 6.55. The Bertz CT molecular complexity index is 941. The third-order valence-corrected chi connectivity index (χ3v) is 4.38. The smallest absolute Gasteiger partial charge is 0.266 e. The van der Waals surface area contributed by atoms with Crippen LogP contribution in [0.1, 0.15) is 46.4 Å². The van der Waals surface area contributed by atoms with Gasteiger partial charge >= 0.3 is 0 Å². The molecule has 0 saturated carbocycles. The Balaban J connectivity index is 1.58. The van der Waals surface area contributed by atoms with Crippen LogP contribution in [0, 0.1) is 0 Å². The Morgan fingerprint density at radius 2 is 1.58 bits per heavy atom. The van der Waals surface area contributed by atoms with E-state index in [1.807, 2.05) is 0 Å². The van der Waals surface area contributed by atoms with E-state index in [9.17, 15) is 9.59 Å². The van der Waals surface area contributed by atoms with Gasteiger partial charge in [-0.2, -0.15) is 0 Å². The molecule has 130 valence electrons. The fourth-order valence-corrected chi connectivity index (χ4v) is 2.98. The summed E-state index contributed by atoms with van der Waals surface area (Å²) >= 11 is 0. The number of nitrogens with zero attached hydrogens (tertiary/aromatic N) is 3. The van der Waals surface area contributed by atoms with Crippen LogP contribution in [0.2, 0.25) is 0 Å². The molecule has 1 aliphatic rings. The lowest BCUT2D eigenvalue weighted by Crippen LogP contribution is -2.29. The van der Waals surface area contributed by atoms with Crippen molar-refractivity contribution in [3.8, 4) is 11.5 Å². The van der Waals surface area contributed by atoms with Gasteiger partial charge in [0.15, 0.2) is 0 Å². The fraction of sp³-hybridized carbons (Fsp3) is 0.200. The molecule has 2 amide bonds. The molecule has 3 aromatic rings. The summed E-state index contributed by atoms with van der Waals surface area (Å²) in [5.41, 5.74) is 2.13. The Labute approximate surface area is 150 Å². The number of imide groups is 1. The molecule has 4 rings (SSSR count). The van der Waals surface area contributed by atoms with Crippen molar-refractivity contribution in [2.24, 2.45) is 0 Å². The van der Waals surface area contributed by atoms with Gasteiger partial charge in [0.25, 0.3) is 11.8 Å². The van der Waals surface area contributed by atoms with Gasteiger partial charge in [-0.25, -0.2) is 4.90 Å². The van der Waals surface area contributed by atoms with E-state index in [1.165, 1.54) is 4.90 Å². The first kappa shape index (κ1) is 16.2. The number of amides is 2. The maximum atomic E-state index is 12.5. The van der Waals surface area contributed by atoms with Crippen molar-refractivity contribution in [1.29, 1.82) is 0 Å². The SMILES string of the molecule is CCCCc1nnc(-c2ccc(N3C(=O)c4ccccc4C3=O)cc2)o1. The molecule has 1 aromatic heterocycles. The molecular weight excluding hydrogens is 330 g/mol. The van der Waals surface area contributed by atoms with E-state index in [0.717, 1.165) is 24.8 Å². The summed E-state index contributed by atoms with van der Waals surface area (Å²) in [4.78, 5) is 26.3. The summed E-state index contributed by atoms with van der Waals surface area (Å²) in [6, 6.07) is 13.8. The van der Waals surface area contributed by atoms with E-state index < -0.39 is 0 Å². The number of benzene rings is 2. The summed E-state index contributed by atoms with van der Waals surface area (Å²) in [6.07, 6.45) is 2.82. The molecule has 1 aliphatic heterocycles. The number of fused-ring (bicyclic) bond motifs is 1. The lowest BCUT2D eigenvalue weighted by molar-refractivity contribution is 0.0926. The van der Waals surface area contributed by atoms with Gasteiger partial charge < -0.3 is 4.42 Å². The van der Waals surface area contributed by atoms with Crippen molar-refractivity contribution < 1.29 is 14.0 Å². The normalized spacial score (nSPS) is 13.3. The third-order valence-electron chi connectivity index (χ3n) is 4.38. The second-order valence-corrected chi connectivity index (χ2v) is 6.14. The van der Waals surface area contributed by atoms with Crippen LogP contribution < -0.4 is 4.90 Å². The summed E-state index contributed by atoms with van der Waals surface area (Å²) in [5, 5.41) is 8.11. The number of carbonyl (C=O) groups excluding carboxylic acids is 2. The Hall–Kier alpha value is -3.28. The van der Waals surface area contributed by atoms with Gasteiger partial charge in [0.1, 0.15) is 0 Å². The molecule has 6 nitrogen and oxygen atoms in total. The standard InChI is InChI=1S/C20H17N3O3/c1-2-3-8-17-21-22-18(26-17)13-9-11-14(12-10-13)23-19(24)15-6-4-5-7-16(15)20(23)25/h4-7,9-12H,2-3,8H2,1H3. The first-order valence-electron chi connectivity index (χ1n) is 8.59. The van der Waals surface area contributed by atoms with E-state index in [-0.39, 0.29) is 11.8 Å². The molecule has 0 saturated heterocycles. The van der Waals surface area contributed by atoms with Crippen LogP contribution in [0.25, 0.3) is 11.5 Å². The van der Waals surface area contributed by atoms with Crippen LogP contribution in [0.3, 0.4) is 0 Å². The molecule has 0 atom stereocenters. The molecule has 0 radical (unpaired) electrons. The van der Waals surface area contributed by atoms with Crippen molar-refractivity contribution in [2.45, 2.75) is 26.2 Å². The summed E-state index contributed by atoms with van der Waals surface area (Å²) < 4.78 is 5.66. The zero-order chi connectivity index (χ0) is 18.1. The number of aromatic nitrogens is 2. The minimum absolute atomic E-state index is 0.307. The van der Waals surface area contributed by atoms with Crippen LogP contribution in [0.5, 0.6) is 0 Å². The Morgan fingerprint density at radius 1 is 0.923 bits per heavy atom. The summed E-state index contributed by atoms with van der Waals surface area (Å²) in [5.74, 6) is 0.437. The van der Waals surface area contributed by atoms with E-state index in [2.05, 4.69) is 17.1 Å². The minimum Gasteiger partial charge on any atom is -0.421 e. The van der Waals surface area contributed by atoms with Gasteiger partial charge in [-0.3, -0.25) is 9.59 Å². The van der Waals surface area contributed by atoms with Gasteiger partial charge in [-0.05, 0) is 42.8 Å². The molecule has 0 unspecified atom stereocenters. The van der Waals surface area contributed by atoms with Crippen LogP contribution >= 0.6 is 0 Å². The maximum Gasteiger partial charge on any atom is 0.266 e. The molecule has 0 fully saturated rings. The predicted octanol–water partition coefficient (Wildman–Crippen LogP) is 3.88. The topological polar surface area (TPSA) is 76.3 Å². The van der Waals surface area contributed by atoms with Crippen LogP contribution in [-0.4, -0.2) is 22.0 Å². The van der Waals surface area contributed by atoms with Gasteiger partial charge in [0.05, 0.1) is 16.8 Å². The van der Waals surface area contributed by atoms with Gasteiger partial charge in [-0.15, -0.1) is 10.2 Å². The maximum absolute atomic E-state index is 12.5. The quantitative estimate of drug-likeness (QED) is 0.655. The molecule has 2 heterocycles. The highest BCUT2D eigenvalue weighted by atomic mass is 16.4. The van der Waals surface area contributed by atoms with E-state index in [4.69, 9.17) is 4.42 Å². The molecule has 26 heavy (non-hydrogen) atoms. The monoisotopic (exact) mass is 347 g/mol. The number of hydrogen-bond donors (Lipinski definition) is 0. The second-order valence-electron chi connectivity index (χ2n) is 6.14. The van der Waals surface area contributed by atoms with Crippen molar-refractivity contribution in [3.05, 3.63) is 65.5 Å². The van der Waals surface area contributed by atoms with Crippen molar-refractivity contribution in [2.75, 3.05) is 4.90 Å². The van der Waals surface area contributed by atoms with Gasteiger partial charge in [0.2, 0.25) is 11.8 Å². The Kier molecular flexibility index (Phi) is 4.08. The summed E-state index contributed by atoms with van der Waals surface area (Å²) in [6.45, 7) is 2.11. The Morgan fingerprint density at radius 3 is 2.19 bits per heavy atom. The van der Waals surface area contributed by atoms with Gasteiger partial charge in [0, 0.05) is 12.0 Å². The third kappa shape index (κ3) is 2.69. The zero-order valence-corrected chi connectivity index (χ0v) is 14.3. The molecular formula is C20H17N3O3. The zero-order valence-electron chi connectivity index (χ0n) is 14.3. The molecule has 2 aromatic carbocycles. The lowest BCUT2D eigenvalue weighted by atomic mass is 10.1. The average molecular weight is 347 g/mol. The minimum atomic E-state index is -0.307.